The number of hydrogen-bond donors (Lipinski definition) is 1. The molecule has 2 rings (SSSR count). The fourth-order valence-electron chi connectivity index (χ4n) is 3.32. The van der Waals surface area contributed by atoms with Gasteiger partial charge in [-0.1, -0.05) is 32.9 Å². The zero-order valence-electron chi connectivity index (χ0n) is 14.5. The molecule has 3 heteroatoms. The van der Waals surface area contributed by atoms with E-state index in [1.54, 1.807) is 0 Å². The molecule has 1 aliphatic rings. The Kier molecular flexibility index (Phi) is 5.28. The zero-order chi connectivity index (χ0) is 15.6. The van der Waals surface area contributed by atoms with E-state index in [4.69, 9.17) is 0 Å². The Bertz CT molecular complexity index is 468. The van der Waals surface area contributed by atoms with Gasteiger partial charge in [-0.3, -0.25) is 0 Å². The molecule has 0 amide bonds. The second kappa shape index (κ2) is 6.80. The largest absolute Gasteiger partial charge is 0.369 e. The number of nitrogens with zero attached hydrogens (tertiary/aromatic N) is 2. The summed E-state index contributed by atoms with van der Waals surface area (Å²) in [5.74, 6) is 0.724. The summed E-state index contributed by atoms with van der Waals surface area (Å²) in [7, 11) is 4.39. The number of aryl methyl sites for hydroxylation is 1. The van der Waals surface area contributed by atoms with Crippen molar-refractivity contribution in [2.75, 3.05) is 32.1 Å². The quantitative estimate of drug-likeness (QED) is 0.899. The van der Waals surface area contributed by atoms with Crippen molar-refractivity contribution in [1.29, 1.82) is 0 Å². The molecular formula is C18H31N3. The molecule has 0 aromatic heterocycles. The van der Waals surface area contributed by atoms with Gasteiger partial charge in [-0.25, -0.2) is 0 Å². The first kappa shape index (κ1) is 16.3. The molecule has 0 radical (unpaired) electrons. The minimum absolute atomic E-state index is 0.533. The summed E-state index contributed by atoms with van der Waals surface area (Å²) in [6.07, 6.45) is 0. The van der Waals surface area contributed by atoms with Crippen molar-refractivity contribution < 1.29 is 0 Å². The zero-order valence-corrected chi connectivity index (χ0v) is 14.5. The average Bonchev–Trinajstić information content (AvgIpc) is 2.78. The molecule has 3 nitrogen and oxygen atoms in total. The first-order chi connectivity index (χ1) is 9.88. The number of likely N-dealkylation sites (N-methyl/N-ethyl adjacent to an activating group) is 1. The van der Waals surface area contributed by atoms with E-state index in [0.29, 0.717) is 12.1 Å². The molecule has 1 aromatic rings. The maximum atomic E-state index is 3.49. The van der Waals surface area contributed by atoms with E-state index in [0.717, 1.165) is 25.6 Å². The third kappa shape index (κ3) is 3.98. The number of rotatable bonds is 5. The molecule has 0 spiro atoms. The van der Waals surface area contributed by atoms with Crippen molar-refractivity contribution in [2.24, 2.45) is 5.92 Å². The molecule has 21 heavy (non-hydrogen) atoms. The normalized spacial score (nSPS) is 22.6. The lowest BCUT2D eigenvalue weighted by molar-refractivity contribution is 0.266. The molecule has 0 aliphatic carbocycles. The van der Waals surface area contributed by atoms with Crippen LogP contribution in [0.25, 0.3) is 0 Å². The van der Waals surface area contributed by atoms with Crippen LogP contribution in [0.3, 0.4) is 0 Å². The third-order valence-electron chi connectivity index (χ3n) is 4.55. The minimum Gasteiger partial charge on any atom is -0.369 e. The van der Waals surface area contributed by atoms with Gasteiger partial charge in [0.05, 0.1) is 0 Å². The van der Waals surface area contributed by atoms with E-state index < -0.39 is 0 Å². The van der Waals surface area contributed by atoms with E-state index in [1.165, 1.54) is 16.8 Å². The Morgan fingerprint density at radius 2 is 2.00 bits per heavy atom. The summed E-state index contributed by atoms with van der Waals surface area (Å²) in [5, 5.41) is 3.49. The Balaban J connectivity index is 2.08. The lowest BCUT2D eigenvalue weighted by Gasteiger charge is -2.24. The van der Waals surface area contributed by atoms with Gasteiger partial charge >= 0.3 is 0 Å². The van der Waals surface area contributed by atoms with Crippen LogP contribution >= 0.6 is 0 Å². The van der Waals surface area contributed by atoms with Gasteiger partial charge in [-0.2, -0.15) is 0 Å². The molecule has 1 aromatic carbocycles. The third-order valence-corrected chi connectivity index (χ3v) is 4.55. The minimum atomic E-state index is 0.533. The Labute approximate surface area is 130 Å². The van der Waals surface area contributed by atoms with Crippen molar-refractivity contribution in [3.8, 4) is 0 Å². The van der Waals surface area contributed by atoms with Crippen molar-refractivity contribution in [1.82, 2.24) is 10.2 Å². The first-order valence-electron chi connectivity index (χ1n) is 8.12. The predicted molar refractivity (Wildman–Crippen MR) is 92.0 cm³/mol. The van der Waals surface area contributed by atoms with Gasteiger partial charge in [0, 0.05) is 37.4 Å². The summed E-state index contributed by atoms with van der Waals surface area (Å²) in [5.41, 5.74) is 4.17. The second-order valence-electron chi connectivity index (χ2n) is 7.07. The van der Waals surface area contributed by atoms with Gasteiger partial charge in [-0.15, -0.1) is 0 Å². The van der Waals surface area contributed by atoms with Crippen LogP contribution in [-0.2, 0) is 6.54 Å². The van der Waals surface area contributed by atoms with Crippen LogP contribution < -0.4 is 10.2 Å². The van der Waals surface area contributed by atoms with Crippen LogP contribution in [0, 0.1) is 12.8 Å². The molecular weight excluding hydrogens is 258 g/mol. The number of benzene rings is 1. The molecule has 1 N–H and O–H groups in total. The van der Waals surface area contributed by atoms with E-state index in [2.05, 4.69) is 75.1 Å². The number of hydrogen-bond acceptors (Lipinski definition) is 3. The fourth-order valence-corrected chi connectivity index (χ4v) is 3.32. The van der Waals surface area contributed by atoms with Crippen LogP contribution in [0.2, 0.25) is 0 Å². The lowest BCUT2D eigenvalue weighted by Crippen LogP contribution is -2.34. The molecule has 2 unspecified atom stereocenters. The molecule has 0 bridgehead atoms. The van der Waals surface area contributed by atoms with E-state index >= 15 is 0 Å². The van der Waals surface area contributed by atoms with E-state index in [-0.39, 0.29) is 0 Å². The van der Waals surface area contributed by atoms with Crippen LogP contribution in [0.4, 0.5) is 5.69 Å². The summed E-state index contributed by atoms with van der Waals surface area (Å²) >= 11 is 0. The highest BCUT2D eigenvalue weighted by molar-refractivity contribution is 5.55. The van der Waals surface area contributed by atoms with Gasteiger partial charge in [0.25, 0.3) is 0 Å². The molecule has 1 heterocycles. The van der Waals surface area contributed by atoms with E-state index in [9.17, 15) is 0 Å². The summed E-state index contributed by atoms with van der Waals surface area (Å²) < 4.78 is 0. The van der Waals surface area contributed by atoms with Crippen molar-refractivity contribution in [2.45, 2.75) is 46.3 Å². The highest BCUT2D eigenvalue weighted by Crippen LogP contribution is 2.29. The van der Waals surface area contributed by atoms with Gasteiger partial charge < -0.3 is 15.1 Å². The smallest absolute Gasteiger partial charge is 0.0396 e. The first-order valence-corrected chi connectivity index (χ1v) is 8.12. The Morgan fingerprint density at radius 1 is 1.29 bits per heavy atom. The van der Waals surface area contributed by atoms with Gasteiger partial charge in [0.15, 0.2) is 0 Å². The molecule has 118 valence electrons. The summed E-state index contributed by atoms with van der Waals surface area (Å²) in [4.78, 5) is 4.91. The topological polar surface area (TPSA) is 18.5 Å². The Morgan fingerprint density at radius 3 is 2.52 bits per heavy atom. The second-order valence-corrected chi connectivity index (χ2v) is 7.07. The van der Waals surface area contributed by atoms with Gasteiger partial charge in [0.1, 0.15) is 0 Å². The number of nitrogens with one attached hydrogen (secondary N) is 1. The van der Waals surface area contributed by atoms with Crippen LogP contribution in [0.15, 0.2) is 18.2 Å². The SMILES string of the molecule is Cc1cc(CNC(C)C)ccc1N1CC(C)C(N(C)C)C1. The van der Waals surface area contributed by atoms with Crippen molar-refractivity contribution in [3.05, 3.63) is 29.3 Å². The van der Waals surface area contributed by atoms with Crippen LogP contribution in [-0.4, -0.2) is 44.2 Å². The predicted octanol–water partition coefficient (Wildman–Crippen LogP) is 2.88. The highest BCUT2D eigenvalue weighted by Gasteiger charge is 2.31. The summed E-state index contributed by atoms with van der Waals surface area (Å²) in [6.45, 7) is 12.2. The number of anilines is 1. The molecule has 1 saturated heterocycles. The maximum absolute atomic E-state index is 3.49. The lowest BCUT2D eigenvalue weighted by atomic mass is 10.1. The Hall–Kier alpha value is -1.06. The van der Waals surface area contributed by atoms with Gasteiger partial charge in [0.2, 0.25) is 0 Å². The standard InChI is InChI=1S/C18H31N3/c1-13(2)19-10-16-7-8-17(14(3)9-16)21-11-15(4)18(12-21)20(5)6/h7-9,13,15,18-19H,10-12H2,1-6H3. The average molecular weight is 289 g/mol. The molecule has 2 atom stereocenters. The fraction of sp³-hybridized carbons (Fsp3) is 0.667. The monoisotopic (exact) mass is 289 g/mol. The summed E-state index contributed by atoms with van der Waals surface area (Å²) in [6, 6.07) is 8.10. The molecule has 0 saturated carbocycles. The van der Waals surface area contributed by atoms with Crippen molar-refractivity contribution in [3.63, 3.8) is 0 Å². The van der Waals surface area contributed by atoms with Crippen LogP contribution in [0.1, 0.15) is 31.9 Å². The van der Waals surface area contributed by atoms with Crippen LogP contribution in [0.5, 0.6) is 0 Å². The van der Waals surface area contributed by atoms with Gasteiger partial charge in [-0.05, 0) is 44.1 Å². The highest BCUT2D eigenvalue weighted by atomic mass is 15.2. The maximum Gasteiger partial charge on any atom is 0.0396 e. The van der Waals surface area contributed by atoms with Crippen molar-refractivity contribution >= 4 is 5.69 Å². The molecule has 1 aliphatic heterocycles. The molecule has 1 fully saturated rings. The van der Waals surface area contributed by atoms with E-state index in [1.807, 2.05) is 0 Å².